The summed E-state index contributed by atoms with van der Waals surface area (Å²) in [5.41, 5.74) is 1.78. The van der Waals surface area contributed by atoms with Gasteiger partial charge in [-0.25, -0.2) is 13.4 Å². The molecule has 2 N–H and O–H groups in total. The summed E-state index contributed by atoms with van der Waals surface area (Å²) in [6.45, 7) is 2.13. The monoisotopic (exact) mass is 310 g/mol. The van der Waals surface area contributed by atoms with Gasteiger partial charge in [-0.2, -0.15) is 4.31 Å². The van der Waals surface area contributed by atoms with Crippen molar-refractivity contribution in [2.24, 2.45) is 0 Å². The molecule has 0 spiro atoms. The summed E-state index contributed by atoms with van der Waals surface area (Å²) in [5.74, 6) is 0.637. The Morgan fingerprint density at radius 1 is 1.29 bits per heavy atom. The van der Waals surface area contributed by atoms with Gasteiger partial charge in [0.2, 0.25) is 16.0 Å². The van der Waals surface area contributed by atoms with Gasteiger partial charge in [0.1, 0.15) is 0 Å². The molecule has 0 radical (unpaired) electrons. The number of ether oxygens (including phenoxy) is 1. The number of anilines is 1. The largest absolute Gasteiger partial charge is 0.379 e. The maximum atomic E-state index is 12.1. The molecule has 1 aliphatic heterocycles. The topological polar surface area (TPSA) is 87.3 Å². The Labute approximate surface area is 123 Å². The zero-order chi connectivity index (χ0) is 14.7. The Bertz CT molecular complexity index is 674. The van der Waals surface area contributed by atoms with E-state index in [0.717, 1.165) is 11.0 Å². The predicted octanol–water partition coefficient (Wildman–Crippen LogP) is 0.637. The summed E-state index contributed by atoms with van der Waals surface area (Å²) < 4.78 is 30.9. The van der Waals surface area contributed by atoms with Gasteiger partial charge >= 0.3 is 0 Å². The summed E-state index contributed by atoms with van der Waals surface area (Å²) in [6, 6.07) is 7.67. The maximum absolute atomic E-state index is 12.1. The quantitative estimate of drug-likeness (QED) is 0.846. The lowest BCUT2D eigenvalue weighted by atomic mass is 10.3. The van der Waals surface area contributed by atoms with Gasteiger partial charge in [0.05, 0.1) is 30.0 Å². The minimum absolute atomic E-state index is 0.0457. The SMILES string of the molecule is O=S(=O)(CCNc1nc2ccccc2[nH]1)N1CCOCC1. The molecule has 3 rings (SSSR count). The van der Waals surface area contributed by atoms with Gasteiger partial charge < -0.3 is 15.0 Å². The second-order valence-electron chi connectivity index (χ2n) is 4.86. The molecule has 8 heteroatoms. The van der Waals surface area contributed by atoms with Crippen molar-refractivity contribution in [2.45, 2.75) is 0 Å². The van der Waals surface area contributed by atoms with E-state index in [1.165, 1.54) is 4.31 Å². The molecule has 21 heavy (non-hydrogen) atoms. The summed E-state index contributed by atoms with van der Waals surface area (Å²) >= 11 is 0. The predicted molar refractivity (Wildman–Crippen MR) is 80.8 cm³/mol. The van der Waals surface area contributed by atoms with Crippen LogP contribution in [-0.2, 0) is 14.8 Å². The van der Waals surface area contributed by atoms with E-state index in [9.17, 15) is 8.42 Å². The Balaban J connectivity index is 1.57. The molecule has 0 bridgehead atoms. The second-order valence-corrected chi connectivity index (χ2v) is 6.95. The zero-order valence-corrected chi connectivity index (χ0v) is 12.4. The minimum atomic E-state index is -3.23. The molecular formula is C13H18N4O3S. The Morgan fingerprint density at radius 3 is 2.81 bits per heavy atom. The number of aromatic amines is 1. The van der Waals surface area contributed by atoms with Crippen molar-refractivity contribution in [3.63, 3.8) is 0 Å². The van der Waals surface area contributed by atoms with Crippen LogP contribution < -0.4 is 5.32 Å². The fourth-order valence-electron chi connectivity index (χ4n) is 2.29. The molecule has 0 saturated carbocycles. The summed E-state index contributed by atoms with van der Waals surface area (Å²) in [6.07, 6.45) is 0. The van der Waals surface area contributed by atoms with Gasteiger partial charge in [-0.15, -0.1) is 0 Å². The van der Waals surface area contributed by atoms with E-state index in [1.54, 1.807) is 0 Å². The summed E-state index contributed by atoms with van der Waals surface area (Å²) in [4.78, 5) is 7.46. The highest BCUT2D eigenvalue weighted by Gasteiger charge is 2.23. The standard InChI is InChI=1S/C13H18N4O3S/c18-21(19,17-6-8-20-9-7-17)10-5-14-13-15-11-3-1-2-4-12(11)16-13/h1-4H,5-10H2,(H2,14,15,16). The number of imidazole rings is 1. The molecule has 0 amide bonds. The van der Waals surface area contributed by atoms with E-state index in [0.29, 0.717) is 38.8 Å². The van der Waals surface area contributed by atoms with E-state index in [4.69, 9.17) is 4.74 Å². The van der Waals surface area contributed by atoms with E-state index >= 15 is 0 Å². The highest BCUT2D eigenvalue weighted by molar-refractivity contribution is 7.89. The van der Waals surface area contributed by atoms with Crippen molar-refractivity contribution in [2.75, 3.05) is 43.9 Å². The van der Waals surface area contributed by atoms with Gasteiger partial charge in [-0.3, -0.25) is 0 Å². The van der Waals surface area contributed by atoms with E-state index in [-0.39, 0.29) is 5.75 Å². The molecular weight excluding hydrogens is 292 g/mol. The second kappa shape index (κ2) is 6.00. The van der Waals surface area contributed by atoms with E-state index in [2.05, 4.69) is 15.3 Å². The number of hydrogen-bond donors (Lipinski definition) is 2. The van der Waals surface area contributed by atoms with Crippen LogP contribution in [0.5, 0.6) is 0 Å². The first kappa shape index (κ1) is 14.3. The van der Waals surface area contributed by atoms with Crippen molar-refractivity contribution < 1.29 is 13.2 Å². The number of hydrogen-bond acceptors (Lipinski definition) is 5. The first-order valence-corrected chi connectivity index (χ1v) is 8.50. The van der Waals surface area contributed by atoms with Crippen LogP contribution in [0.25, 0.3) is 11.0 Å². The van der Waals surface area contributed by atoms with Crippen LogP contribution in [0.2, 0.25) is 0 Å². The Morgan fingerprint density at radius 2 is 2.05 bits per heavy atom. The number of H-pyrrole nitrogens is 1. The molecule has 1 aliphatic rings. The number of nitrogens with one attached hydrogen (secondary N) is 2. The first-order valence-electron chi connectivity index (χ1n) is 6.89. The lowest BCUT2D eigenvalue weighted by Crippen LogP contribution is -2.42. The first-order chi connectivity index (χ1) is 10.1. The third-order valence-electron chi connectivity index (χ3n) is 3.41. The molecule has 0 atom stereocenters. The van der Waals surface area contributed by atoms with Crippen LogP contribution in [0.1, 0.15) is 0 Å². The molecule has 2 aromatic rings. The van der Waals surface area contributed by atoms with Crippen LogP contribution in [-0.4, -0.2) is 61.3 Å². The van der Waals surface area contributed by atoms with Crippen LogP contribution >= 0.6 is 0 Å². The van der Waals surface area contributed by atoms with Crippen LogP contribution in [0.3, 0.4) is 0 Å². The normalized spacial score (nSPS) is 17.1. The lowest BCUT2D eigenvalue weighted by molar-refractivity contribution is 0.0731. The van der Waals surface area contributed by atoms with Crippen LogP contribution in [0, 0.1) is 0 Å². The van der Waals surface area contributed by atoms with Crippen LogP contribution in [0.4, 0.5) is 5.95 Å². The molecule has 1 fully saturated rings. The molecule has 1 aromatic heterocycles. The van der Waals surface area contributed by atoms with Crippen molar-refractivity contribution in [1.82, 2.24) is 14.3 Å². The number of fused-ring (bicyclic) bond motifs is 1. The average Bonchev–Trinajstić information content (AvgIpc) is 2.90. The molecule has 0 unspecified atom stereocenters. The number of para-hydroxylation sites is 2. The van der Waals surface area contributed by atoms with Gasteiger partial charge in [0.15, 0.2) is 0 Å². The Kier molecular flexibility index (Phi) is 4.09. The molecule has 1 aromatic carbocycles. The van der Waals surface area contributed by atoms with Crippen molar-refractivity contribution in [3.05, 3.63) is 24.3 Å². The minimum Gasteiger partial charge on any atom is -0.379 e. The number of rotatable bonds is 5. The smallest absolute Gasteiger partial charge is 0.215 e. The van der Waals surface area contributed by atoms with E-state index < -0.39 is 10.0 Å². The fourth-order valence-corrected chi connectivity index (χ4v) is 3.61. The molecule has 1 saturated heterocycles. The average molecular weight is 310 g/mol. The highest BCUT2D eigenvalue weighted by Crippen LogP contribution is 2.13. The van der Waals surface area contributed by atoms with Crippen molar-refractivity contribution in [3.8, 4) is 0 Å². The molecule has 2 heterocycles. The van der Waals surface area contributed by atoms with Crippen molar-refractivity contribution >= 4 is 27.0 Å². The summed E-state index contributed by atoms with van der Waals surface area (Å²) in [5, 5.41) is 3.03. The van der Waals surface area contributed by atoms with Crippen molar-refractivity contribution in [1.29, 1.82) is 0 Å². The number of morpholine rings is 1. The highest BCUT2D eigenvalue weighted by atomic mass is 32.2. The number of aromatic nitrogens is 2. The van der Waals surface area contributed by atoms with Gasteiger partial charge in [-0.1, -0.05) is 12.1 Å². The fraction of sp³-hybridized carbons (Fsp3) is 0.462. The van der Waals surface area contributed by atoms with Gasteiger partial charge in [0.25, 0.3) is 0 Å². The molecule has 0 aliphatic carbocycles. The summed E-state index contributed by atoms with van der Waals surface area (Å²) in [7, 11) is -3.23. The maximum Gasteiger partial charge on any atom is 0.215 e. The number of nitrogens with zero attached hydrogens (tertiary/aromatic N) is 2. The van der Waals surface area contributed by atoms with Gasteiger partial charge in [-0.05, 0) is 12.1 Å². The lowest BCUT2D eigenvalue weighted by Gasteiger charge is -2.25. The van der Waals surface area contributed by atoms with Gasteiger partial charge in [0, 0.05) is 19.6 Å². The number of benzene rings is 1. The third-order valence-corrected chi connectivity index (χ3v) is 5.28. The number of sulfonamides is 1. The third kappa shape index (κ3) is 3.34. The molecule has 7 nitrogen and oxygen atoms in total. The Hall–Kier alpha value is -1.64. The zero-order valence-electron chi connectivity index (χ0n) is 11.6. The van der Waals surface area contributed by atoms with E-state index in [1.807, 2.05) is 24.3 Å². The molecule has 114 valence electrons. The van der Waals surface area contributed by atoms with Crippen LogP contribution in [0.15, 0.2) is 24.3 Å².